The SMILES string of the molecule is CCCCCCCCCC(C)C(=O)O.CCCCCCCCCCCCC(CCC)C(=O)O. The molecule has 0 aliphatic rings. The first kappa shape index (κ1) is 34.1. The van der Waals surface area contributed by atoms with Crippen molar-refractivity contribution >= 4 is 11.9 Å². The lowest BCUT2D eigenvalue weighted by atomic mass is 9.96. The van der Waals surface area contributed by atoms with Crippen molar-refractivity contribution in [3.8, 4) is 0 Å². The maximum absolute atomic E-state index is 11.0. The van der Waals surface area contributed by atoms with Crippen molar-refractivity contribution in [1.29, 1.82) is 0 Å². The van der Waals surface area contributed by atoms with Gasteiger partial charge in [0.2, 0.25) is 0 Å². The monoisotopic (exact) mass is 470 g/mol. The summed E-state index contributed by atoms with van der Waals surface area (Å²) >= 11 is 0. The lowest BCUT2D eigenvalue weighted by Crippen LogP contribution is -2.13. The lowest BCUT2D eigenvalue weighted by Gasteiger charge is -2.10. The van der Waals surface area contributed by atoms with E-state index in [1.54, 1.807) is 6.92 Å². The third kappa shape index (κ3) is 27.1. The van der Waals surface area contributed by atoms with Crippen LogP contribution >= 0.6 is 0 Å². The largest absolute Gasteiger partial charge is 0.481 e. The van der Waals surface area contributed by atoms with E-state index < -0.39 is 11.9 Å². The summed E-state index contributed by atoms with van der Waals surface area (Å²) < 4.78 is 0. The second-order valence-electron chi connectivity index (χ2n) is 9.94. The van der Waals surface area contributed by atoms with E-state index in [2.05, 4.69) is 20.8 Å². The quantitative estimate of drug-likeness (QED) is 0.146. The molecule has 2 unspecified atom stereocenters. The fourth-order valence-electron chi connectivity index (χ4n) is 4.15. The highest BCUT2D eigenvalue weighted by Crippen LogP contribution is 2.17. The molecule has 0 saturated carbocycles. The number of rotatable bonds is 23. The summed E-state index contributed by atoms with van der Waals surface area (Å²) in [5.41, 5.74) is 0. The van der Waals surface area contributed by atoms with Crippen LogP contribution in [0.5, 0.6) is 0 Å². The van der Waals surface area contributed by atoms with Gasteiger partial charge in [-0.2, -0.15) is 0 Å². The van der Waals surface area contributed by atoms with Gasteiger partial charge in [-0.3, -0.25) is 9.59 Å². The number of aliphatic carboxylic acids is 2. The molecule has 0 spiro atoms. The first-order chi connectivity index (χ1) is 15.9. The van der Waals surface area contributed by atoms with Crippen LogP contribution in [0, 0.1) is 11.8 Å². The molecule has 4 heteroatoms. The molecule has 4 nitrogen and oxygen atoms in total. The van der Waals surface area contributed by atoms with Gasteiger partial charge in [0, 0.05) is 0 Å². The summed E-state index contributed by atoms with van der Waals surface area (Å²) in [5, 5.41) is 17.7. The molecule has 0 fully saturated rings. The van der Waals surface area contributed by atoms with Crippen molar-refractivity contribution in [2.45, 2.75) is 163 Å². The summed E-state index contributed by atoms with van der Waals surface area (Å²) in [5.74, 6) is -1.52. The molecule has 0 rings (SSSR count). The molecule has 0 bridgehead atoms. The molecule has 0 radical (unpaired) electrons. The Morgan fingerprint density at radius 3 is 1.18 bits per heavy atom. The lowest BCUT2D eigenvalue weighted by molar-refractivity contribution is -0.142. The predicted octanol–water partition coefficient (Wildman–Crippen LogP) is 9.65. The molecule has 0 amide bonds. The van der Waals surface area contributed by atoms with Gasteiger partial charge >= 0.3 is 11.9 Å². The maximum Gasteiger partial charge on any atom is 0.306 e. The molecule has 0 aromatic rings. The third-order valence-electron chi connectivity index (χ3n) is 6.55. The van der Waals surface area contributed by atoms with E-state index in [9.17, 15) is 9.59 Å². The highest BCUT2D eigenvalue weighted by molar-refractivity contribution is 5.70. The first-order valence-electron chi connectivity index (χ1n) is 14.4. The van der Waals surface area contributed by atoms with Gasteiger partial charge in [0.15, 0.2) is 0 Å². The van der Waals surface area contributed by atoms with Gasteiger partial charge < -0.3 is 10.2 Å². The minimum Gasteiger partial charge on any atom is -0.481 e. The third-order valence-corrected chi connectivity index (χ3v) is 6.55. The minimum absolute atomic E-state index is 0.0981. The molecule has 0 heterocycles. The fourth-order valence-corrected chi connectivity index (χ4v) is 4.15. The Bertz CT molecular complexity index is 422. The summed E-state index contributed by atoms with van der Waals surface area (Å²) in [6.07, 6.45) is 25.5. The highest BCUT2D eigenvalue weighted by Gasteiger charge is 2.15. The van der Waals surface area contributed by atoms with Gasteiger partial charge in [-0.25, -0.2) is 0 Å². The predicted molar refractivity (Wildman–Crippen MR) is 142 cm³/mol. The van der Waals surface area contributed by atoms with Crippen molar-refractivity contribution in [2.24, 2.45) is 11.8 Å². The number of hydrogen-bond acceptors (Lipinski definition) is 2. The zero-order valence-corrected chi connectivity index (χ0v) is 22.7. The normalized spacial score (nSPS) is 12.6. The van der Waals surface area contributed by atoms with Gasteiger partial charge in [-0.15, -0.1) is 0 Å². The van der Waals surface area contributed by atoms with E-state index in [4.69, 9.17) is 10.2 Å². The van der Waals surface area contributed by atoms with Gasteiger partial charge in [0.05, 0.1) is 11.8 Å². The Morgan fingerprint density at radius 1 is 0.485 bits per heavy atom. The summed E-state index contributed by atoms with van der Waals surface area (Å²) in [6, 6.07) is 0. The van der Waals surface area contributed by atoms with Gasteiger partial charge in [0.1, 0.15) is 0 Å². The van der Waals surface area contributed by atoms with Crippen molar-refractivity contribution in [2.75, 3.05) is 0 Å². The van der Waals surface area contributed by atoms with Crippen LogP contribution in [0.1, 0.15) is 163 Å². The molecule has 0 aliphatic heterocycles. The van der Waals surface area contributed by atoms with Gasteiger partial charge in [-0.1, -0.05) is 143 Å². The number of carboxylic acids is 2. The first-order valence-corrected chi connectivity index (χ1v) is 14.4. The van der Waals surface area contributed by atoms with Crippen LogP contribution in [0.3, 0.4) is 0 Å². The topological polar surface area (TPSA) is 74.6 Å². The van der Waals surface area contributed by atoms with Crippen LogP contribution in [0.25, 0.3) is 0 Å². The molecule has 198 valence electrons. The standard InChI is InChI=1S/C17H34O2.C12H24O2/c1-3-5-6-7-8-9-10-11-12-13-15-16(14-4-2)17(18)19;1-3-4-5-6-7-8-9-10-11(2)12(13)14/h16H,3-15H2,1-2H3,(H,18,19);11H,3-10H2,1-2H3,(H,13,14). The Kier molecular flexibility index (Phi) is 28.1. The van der Waals surface area contributed by atoms with Crippen molar-refractivity contribution in [1.82, 2.24) is 0 Å². The number of carbonyl (C=O) groups is 2. The summed E-state index contributed by atoms with van der Waals surface area (Å²) in [7, 11) is 0. The second-order valence-corrected chi connectivity index (χ2v) is 9.94. The zero-order chi connectivity index (χ0) is 25.2. The van der Waals surface area contributed by atoms with Crippen molar-refractivity contribution in [3.05, 3.63) is 0 Å². The van der Waals surface area contributed by atoms with Crippen LogP contribution in [-0.2, 0) is 9.59 Å². The van der Waals surface area contributed by atoms with E-state index in [-0.39, 0.29) is 11.8 Å². The molecule has 0 aliphatic carbocycles. The van der Waals surface area contributed by atoms with Crippen molar-refractivity contribution < 1.29 is 19.8 Å². The minimum atomic E-state index is -0.656. The molecule has 0 saturated heterocycles. The van der Waals surface area contributed by atoms with Gasteiger partial charge in [0.25, 0.3) is 0 Å². The molecular weight excluding hydrogens is 412 g/mol. The van der Waals surface area contributed by atoms with Crippen molar-refractivity contribution in [3.63, 3.8) is 0 Å². The smallest absolute Gasteiger partial charge is 0.306 e. The van der Waals surface area contributed by atoms with Crippen LogP contribution < -0.4 is 0 Å². The zero-order valence-electron chi connectivity index (χ0n) is 22.7. The molecule has 33 heavy (non-hydrogen) atoms. The number of unbranched alkanes of at least 4 members (excludes halogenated alkanes) is 15. The van der Waals surface area contributed by atoms with E-state index in [0.717, 1.165) is 38.5 Å². The number of hydrogen-bond donors (Lipinski definition) is 2. The Balaban J connectivity index is 0. The number of carboxylic acid groups (broad SMARTS) is 2. The summed E-state index contributed by atoms with van der Waals surface area (Å²) in [6.45, 7) is 8.32. The van der Waals surface area contributed by atoms with E-state index in [1.165, 1.54) is 96.3 Å². The van der Waals surface area contributed by atoms with E-state index >= 15 is 0 Å². The Labute approximate surface area is 206 Å². The molecule has 2 N–H and O–H groups in total. The Hall–Kier alpha value is -1.06. The average molecular weight is 471 g/mol. The summed E-state index contributed by atoms with van der Waals surface area (Å²) in [4.78, 5) is 21.5. The Morgan fingerprint density at radius 2 is 0.848 bits per heavy atom. The maximum atomic E-state index is 11.0. The van der Waals surface area contributed by atoms with E-state index in [0.29, 0.717) is 0 Å². The highest BCUT2D eigenvalue weighted by atomic mass is 16.4. The molecular formula is C29H58O4. The van der Waals surface area contributed by atoms with E-state index in [1.807, 2.05) is 0 Å². The van der Waals surface area contributed by atoms with Crippen LogP contribution in [0.15, 0.2) is 0 Å². The molecule has 2 atom stereocenters. The van der Waals surface area contributed by atoms with Gasteiger partial charge in [-0.05, 0) is 19.3 Å². The van der Waals surface area contributed by atoms with Crippen LogP contribution in [-0.4, -0.2) is 22.2 Å². The second kappa shape index (κ2) is 27.2. The van der Waals surface area contributed by atoms with Crippen LogP contribution in [0.4, 0.5) is 0 Å². The molecule has 0 aromatic heterocycles. The fraction of sp³-hybridized carbons (Fsp3) is 0.931. The van der Waals surface area contributed by atoms with Crippen LogP contribution in [0.2, 0.25) is 0 Å². The molecule has 0 aromatic carbocycles. The average Bonchev–Trinajstić information content (AvgIpc) is 2.79.